The van der Waals surface area contributed by atoms with E-state index in [-0.39, 0.29) is 6.10 Å². The van der Waals surface area contributed by atoms with Gasteiger partial charge in [0.05, 0.1) is 17.6 Å². The Morgan fingerprint density at radius 3 is 2.90 bits per heavy atom. The Bertz CT molecular complexity index is 498. The summed E-state index contributed by atoms with van der Waals surface area (Å²) in [6, 6.07) is 3.96. The van der Waals surface area contributed by atoms with Crippen LogP contribution in [0, 0.1) is 10.1 Å². The molecule has 110 valence electrons. The molecule has 0 bridgehead atoms. The van der Waals surface area contributed by atoms with E-state index < -0.39 is 23.0 Å². The summed E-state index contributed by atoms with van der Waals surface area (Å²) in [5.74, 6) is -0.429. The Labute approximate surface area is 114 Å². The molecule has 2 rings (SSSR count). The van der Waals surface area contributed by atoms with Gasteiger partial charge in [0.25, 0.3) is 0 Å². The molecular weight excluding hydrogens is 274 g/mol. The maximum atomic E-state index is 12.3. The fraction of sp³-hybridized carbons (Fsp3) is 0.500. The molecule has 8 heteroatoms. The number of alkyl halides is 2. The average molecular weight is 288 g/mol. The highest BCUT2D eigenvalue weighted by molar-refractivity contribution is 5.59. The van der Waals surface area contributed by atoms with Crippen molar-refractivity contribution < 1.29 is 23.2 Å². The monoisotopic (exact) mass is 288 g/mol. The van der Waals surface area contributed by atoms with Gasteiger partial charge >= 0.3 is 12.3 Å². The van der Waals surface area contributed by atoms with Gasteiger partial charge in [0.2, 0.25) is 5.75 Å². The van der Waals surface area contributed by atoms with Crippen LogP contribution in [0.5, 0.6) is 5.75 Å². The number of benzene rings is 1. The molecule has 1 aromatic rings. The first-order valence-electron chi connectivity index (χ1n) is 6.07. The van der Waals surface area contributed by atoms with Crippen LogP contribution in [0.25, 0.3) is 0 Å². The van der Waals surface area contributed by atoms with Gasteiger partial charge in [-0.15, -0.1) is 0 Å². The summed E-state index contributed by atoms with van der Waals surface area (Å²) < 4.78 is 34.3. The van der Waals surface area contributed by atoms with Gasteiger partial charge in [-0.05, 0) is 13.0 Å². The third-order valence-electron chi connectivity index (χ3n) is 2.96. The lowest BCUT2D eigenvalue weighted by molar-refractivity contribution is -0.386. The van der Waals surface area contributed by atoms with Crippen molar-refractivity contribution in [2.24, 2.45) is 0 Å². The predicted molar refractivity (Wildman–Crippen MR) is 67.4 cm³/mol. The van der Waals surface area contributed by atoms with Gasteiger partial charge in [0.1, 0.15) is 0 Å². The molecule has 0 unspecified atom stereocenters. The highest BCUT2D eigenvalue weighted by Gasteiger charge is 2.23. The summed E-state index contributed by atoms with van der Waals surface area (Å²) >= 11 is 0. The van der Waals surface area contributed by atoms with E-state index in [2.05, 4.69) is 4.74 Å². The van der Waals surface area contributed by atoms with Crippen LogP contribution in [0.3, 0.4) is 0 Å². The van der Waals surface area contributed by atoms with Gasteiger partial charge in [-0.2, -0.15) is 8.78 Å². The number of halogens is 2. The zero-order chi connectivity index (χ0) is 14.7. The first-order chi connectivity index (χ1) is 9.47. The fourth-order valence-electron chi connectivity index (χ4n) is 2.09. The number of ether oxygens (including phenoxy) is 2. The number of nitro groups is 1. The Hall–Kier alpha value is -1.96. The lowest BCUT2D eigenvalue weighted by Crippen LogP contribution is -2.41. The lowest BCUT2D eigenvalue weighted by atomic mass is 10.2. The Kier molecular flexibility index (Phi) is 4.33. The molecule has 0 saturated carbocycles. The van der Waals surface area contributed by atoms with Crippen LogP contribution in [-0.2, 0) is 4.74 Å². The molecule has 1 atom stereocenters. The van der Waals surface area contributed by atoms with Gasteiger partial charge in [0.15, 0.2) is 0 Å². The third kappa shape index (κ3) is 3.32. The molecule has 6 nitrogen and oxygen atoms in total. The van der Waals surface area contributed by atoms with Gasteiger partial charge < -0.3 is 14.4 Å². The van der Waals surface area contributed by atoms with Crippen molar-refractivity contribution in [3.8, 4) is 5.75 Å². The SMILES string of the molecule is C[C@@H]1CN(c2ccc([N+](=O)[O-])c(OC(F)F)c2)CCO1. The largest absolute Gasteiger partial charge is 0.427 e. The Morgan fingerprint density at radius 1 is 1.55 bits per heavy atom. The second-order valence-electron chi connectivity index (χ2n) is 4.42. The first kappa shape index (κ1) is 14.4. The zero-order valence-corrected chi connectivity index (χ0v) is 10.8. The van der Waals surface area contributed by atoms with Crippen LogP contribution in [0.1, 0.15) is 6.92 Å². The lowest BCUT2D eigenvalue weighted by Gasteiger charge is -2.33. The van der Waals surface area contributed by atoms with Crippen molar-refractivity contribution in [2.75, 3.05) is 24.6 Å². The summed E-state index contributed by atoms with van der Waals surface area (Å²) in [5, 5.41) is 10.8. The Balaban J connectivity index is 2.28. The number of hydrogen-bond acceptors (Lipinski definition) is 5. The first-order valence-corrected chi connectivity index (χ1v) is 6.07. The highest BCUT2D eigenvalue weighted by atomic mass is 19.3. The predicted octanol–water partition coefficient (Wildman–Crippen LogP) is 2.42. The van der Waals surface area contributed by atoms with Crippen LogP contribution in [-0.4, -0.2) is 37.3 Å². The summed E-state index contributed by atoms with van der Waals surface area (Å²) in [4.78, 5) is 12.0. The normalized spacial score (nSPS) is 19.2. The van der Waals surface area contributed by atoms with E-state index in [1.54, 1.807) is 0 Å². The molecule has 1 fully saturated rings. The summed E-state index contributed by atoms with van der Waals surface area (Å²) in [6.07, 6.45) is 0.0124. The second-order valence-corrected chi connectivity index (χ2v) is 4.42. The van der Waals surface area contributed by atoms with Gasteiger partial charge in [0, 0.05) is 30.9 Å². The van der Waals surface area contributed by atoms with Crippen molar-refractivity contribution in [2.45, 2.75) is 19.6 Å². The standard InChI is InChI=1S/C12H14F2N2O4/c1-8-7-15(4-5-19-8)9-2-3-10(16(17)18)11(6-9)20-12(13)14/h2-3,6,8,12H,4-5,7H2,1H3/t8-/m1/s1. The van der Waals surface area contributed by atoms with Crippen molar-refractivity contribution in [3.63, 3.8) is 0 Å². The maximum Gasteiger partial charge on any atom is 0.387 e. The van der Waals surface area contributed by atoms with E-state index in [1.165, 1.54) is 18.2 Å². The number of hydrogen-bond donors (Lipinski definition) is 0. The molecule has 0 aromatic heterocycles. The molecule has 0 radical (unpaired) electrons. The molecule has 1 aromatic carbocycles. The van der Waals surface area contributed by atoms with Crippen molar-refractivity contribution in [3.05, 3.63) is 28.3 Å². The Morgan fingerprint density at radius 2 is 2.30 bits per heavy atom. The molecule has 1 aliphatic heterocycles. The van der Waals surface area contributed by atoms with E-state index in [9.17, 15) is 18.9 Å². The number of nitro benzene ring substituents is 1. The number of nitrogens with zero attached hydrogens (tertiary/aromatic N) is 2. The quantitative estimate of drug-likeness (QED) is 0.629. The van der Waals surface area contributed by atoms with E-state index in [4.69, 9.17) is 4.74 Å². The maximum absolute atomic E-state index is 12.3. The molecule has 0 aliphatic carbocycles. The van der Waals surface area contributed by atoms with E-state index in [0.717, 1.165) is 0 Å². The number of anilines is 1. The van der Waals surface area contributed by atoms with Crippen molar-refractivity contribution >= 4 is 11.4 Å². The summed E-state index contributed by atoms with van der Waals surface area (Å²) in [6.45, 7) is 0.493. The molecule has 0 spiro atoms. The van der Waals surface area contributed by atoms with Crippen LogP contribution in [0.15, 0.2) is 18.2 Å². The number of morpholine rings is 1. The minimum Gasteiger partial charge on any atom is -0.427 e. The van der Waals surface area contributed by atoms with E-state index in [0.29, 0.717) is 25.4 Å². The minimum absolute atomic E-state index is 0.0124. The van der Waals surface area contributed by atoms with E-state index >= 15 is 0 Å². The summed E-state index contributed by atoms with van der Waals surface area (Å²) in [5.41, 5.74) is 0.122. The smallest absolute Gasteiger partial charge is 0.387 e. The molecule has 1 aliphatic rings. The van der Waals surface area contributed by atoms with Gasteiger partial charge in [-0.3, -0.25) is 10.1 Å². The third-order valence-corrected chi connectivity index (χ3v) is 2.96. The van der Waals surface area contributed by atoms with Crippen LogP contribution < -0.4 is 9.64 Å². The average Bonchev–Trinajstić information content (AvgIpc) is 2.37. The van der Waals surface area contributed by atoms with Crippen LogP contribution in [0.2, 0.25) is 0 Å². The molecular formula is C12H14F2N2O4. The van der Waals surface area contributed by atoms with Gasteiger partial charge in [-0.1, -0.05) is 0 Å². The van der Waals surface area contributed by atoms with Crippen LogP contribution in [0.4, 0.5) is 20.2 Å². The van der Waals surface area contributed by atoms with Crippen molar-refractivity contribution in [1.82, 2.24) is 0 Å². The molecule has 0 N–H and O–H groups in total. The number of rotatable bonds is 4. The fourth-order valence-corrected chi connectivity index (χ4v) is 2.09. The molecule has 1 heterocycles. The van der Waals surface area contributed by atoms with Gasteiger partial charge in [-0.25, -0.2) is 0 Å². The molecule has 20 heavy (non-hydrogen) atoms. The topological polar surface area (TPSA) is 64.8 Å². The second kappa shape index (κ2) is 6.00. The van der Waals surface area contributed by atoms with Crippen molar-refractivity contribution in [1.29, 1.82) is 0 Å². The molecule has 1 saturated heterocycles. The summed E-state index contributed by atoms with van der Waals surface area (Å²) in [7, 11) is 0. The highest BCUT2D eigenvalue weighted by Crippen LogP contribution is 2.33. The molecule has 0 amide bonds. The zero-order valence-electron chi connectivity index (χ0n) is 10.8. The minimum atomic E-state index is -3.10. The van der Waals surface area contributed by atoms with E-state index in [1.807, 2.05) is 11.8 Å². The van der Waals surface area contributed by atoms with Crippen LogP contribution >= 0.6 is 0 Å².